The van der Waals surface area contributed by atoms with Crippen LogP contribution >= 0.6 is 11.6 Å². The summed E-state index contributed by atoms with van der Waals surface area (Å²) in [7, 11) is 0. The number of Topliss-reactive ketones (excluding diaryl/α,β-unsaturated/α-hetero) is 1. The summed E-state index contributed by atoms with van der Waals surface area (Å²) in [5.74, 6) is -0.306. The van der Waals surface area contributed by atoms with Gasteiger partial charge in [-0.2, -0.15) is 0 Å². The molecule has 1 atom stereocenters. The first-order valence-corrected chi connectivity index (χ1v) is 17.4. The number of aromatic nitrogens is 3. The molecule has 262 valence electrons. The summed E-state index contributed by atoms with van der Waals surface area (Å²) in [5.41, 5.74) is 3.46. The number of fused-ring (bicyclic) bond motifs is 1. The average molecular weight is 688 g/mol. The van der Waals surface area contributed by atoms with Gasteiger partial charge in [0, 0.05) is 23.1 Å². The summed E-state index contributed by atoms with van der Waals surface area (Å²) in [6, 6.07) is 17.1. The zero-order valence-corrected chi connectivity index (χ0v) is 31.0. The number of halogens is 1. The number of carbonyl (C=O) groups is 3. The fourth-order valence-corrected chi connectivity index (χ4v) is 5.53. The molecule has 1 aromatic heterocycles. The third-order valence-corrected chi connectivity index (χ3v) is 9.76. The van der Waals surface area contributed by atoms with E-state index in [4.69, 9.17) is 16.3 Å². The second kappa shape index (κ2) is 15.1. The number of hydrogen-bond donors (Lipinski definition) is 2. The lowest BCUT2D eigenvalue weighted by molar-refractivity contribution is -0.135. The van der Waals surface area contributed by atoms with Crippen molar-refractivity contribution in [3.8, 4) is 5.75 Å². The Morgan fingerprint density at radius 2 is 1.57 bits per heavy atom. The Hall–Kier alpha value is -4.24. The first-order chi connectivity index (χ1) is 23.0. The zero-order chi connectivity index (χ0) is 36.1. The lowest BCUT2D eigenvalue weighted by atomic mass is 9.76. The molecule has 1 heterocycles. The predicted octanol–water partition coefficient (Wildman–Crippen LogP) is 9.05. The number of nitrogens with one attached hydrogen (secondary N) is 2. The highest BCUT2D eigenvalue weighted by atomic mass is 35.5. The molecular formula is C39H50ClN5O4. The number of rotatable bonds is 14. The van der Waals surface area contributed by atoms with Crippen LogP contribution in [0.1, 0.15) is 105 Å². The Bertz CT molecular complexity index is 1820. The van der Waals surface area contributed by atoms with E-state index in [1.165, 1.54) is 15.8 Å². The Labute approximate surface area is 295 Å². The number of ketones is 1. The van der Waals surface area contributed by atoms with Gasteiger partial charge in [0.05, 0.1) is 22.8 Å². The molecule has 4 aromatic rings. The molecule has 9 nitrogen and oxygen atoms in total. The lowest BCUT2D eigenvalue weighted by Gasteiger charge is -2.30. The lowest BCUT2D eigenvalue weighted by Crippen LogP contribution is -2.39. The first kappa shape index (κ1) is 37.6. The van der Waals surface area contributed by atoms with Crippen molar-refractivity contribution in [2.24, 2.45) is 5.41 Å². The molecule has 10 heteroatoms. The highest BCUT2D eigenvalue weighted by Gasteiger charge is 2.38. The van der Waals surface area contributed by atoms with Crippen molar-refractivity contribution in [1.82, 2.24) is 15.0 Å². The molecule has 4 rings (SSSR count). The number of carbonyl (C=O) groups excluding carboxylic acids is 3. The second-order valence-electron chi connectivity index (χ2n) is 14.9. The van der Waals surface area contributed by atoms with Gasteiger partial charge in [-0.3, -0.25) is 14.4 Å². The van der Waals surface area contributed by atoms with Gasteiger partial charge < -0.3 is 15.4 Å². The van der Waals surface area contributed by atoms with E-state index in [1.807, 2.05) is 6.07 Å². The van der Waals surface area contributed by atoms with Gasteiger partial charge in [-0.15, -0.1) is 5.10 Å². The molecule has 0 saturated heterocycles. The van der Waals surface area contributed by atoms with Crippen LogP contribution in [0.5, 0.6) is 5.75 Å². The maximum Gasteiger partial charge on any atom is 0.257 e. The number of amides is 2. The Kier molecular flexibility index (Phi) is 11.6. The quantitative estimate of drug-likeness (QED) is 0.101. The van der Waals surface area contributed by atoms with Crippen LogP contribution in [0.3, 0.4) is 0 Å². The molecule has 0 aliphatic heterocycles. The van der Waals surface area contributed by atoms with Crippen LogP contribution in [0, 0.1) is 5.41 Å². The molecule has 0 spiro atoms. The van der Waals surface area contributed by atoms with Gasteiger partial charge in [-0.1, -0.05) is 103 Å². The van der Waals surface area contributed by atoms with Crippen LogP contribution < -0.4 is 15.4 Å². The monoisotopic (exact) mass is 687 g/mol. The van der Waals surface area contributed by atoms with Crippen molar-refractivity contribution < 1.29 is 19.1 Å². The van der Waals surface area contributed by atoms with Gasteiger partial charge >= 0.3 is 0 Å². The maximum absolute atomic E-state index is 13.7. The summed E-state index contributed by atoms with van der Waals surface area (Å²) >= 11 is 6.47. The fourth-order valence-electron chi connectivity index (χ4n) is 5.37. The highest BCUT2D eigenvalue weighted by Crippen LogP contribution is 2.38. The number of nitrogens with zero attached hydrogens (tertiary/aromatic N) is 3. The smallest absolute Gasteiger partial charge is 0.257 e. The van der Waals surface area contributed by atoms with E-state index < -0.39 is 17.4 Å². The summed E-state index contributed by atoms with van der Waals surface area (Å²) in [5, 5.41) is 14.2. The van der Waals surface area contributed by atoms with Gasteiger partial charge in [0.15, 0.2) is 11.8 Å². The molecule has 3 aromatic carbocycles. The normalized spacial score (nSPS) is 12.9. The van der Waals surface area contributed by atoms with Crippen molar-refractivity contribution in [3.63, 3.8) is 0 Å². The molecule has 0 saturated carbocycles. The first-order valence-electron chi connectivity index (χ1n) is 17.0. The van der Waals surface area contributed by atoms with Crippen LogP contribution in [0.25, 0.3) is 11.0 Å². The van der Waals surface area contributed by atoms with E-state index in [0.717, 1.165) is 18.6 Å². The minimum absolute atomic E-state index is 0.0582. The number of para-hydroxylation sites is 1. The number of hydrogen-bond acceptors (Lipinski definition) is 6. The van der Waals surface area contributed by atoms with Gasteiger partial charge in [0.25, 0.3) is 5.91 Å². The molecule has 2 N–H and O–H groups in total. The Morgan fingerprint density at radius 3 is 2.24 bits per heavy atom. The molecule has 0 fully saturated rings. The van der Waals surface area contributed by atoms with Crippen LogP contribution in [0.15, 0.2) is 60.7 Å². The third-order valence-electron chi connectivity index (χ3n) is 9.43. The van der Waals surface area contributed by atoms with Crippen molar-refractivity contribution in [1.29, 1.82) is 0 Å². The highest BCUT2D eigenvalue weighted by molar-refractivity contribution is 6.34. The SMILES string of the molecule is CCC(C)(C)c1ccc(OCCCC(=O)Nc2ccc(Cl)c(NC(=O)[C@H](C(=O)C(C)(C)C)n3nnc4ccccc43)c2)c(C(C)(C)CC)c1. The van der Waals surface area contributed by atoms with E-state index in [2.05, 4.69) is 80.7 Å². The molecule has 0 unspecified atom stereocenters. The van der Waals surface area contributed by atoms with Crippen molar-refractivity contribution in [2.75, 3.05) is 17.2 Å². The van der Waals surface area contributed by atoms with E-state index >= 15 is 0 Å². The third kappa shape index (κ3) is 8.87. The maximum atomic E-state index is 13.7. The fraction of sp³-hybridized carbons (Fsp3) is 0.462. The second-order valence-corrected chi connectivity index (χ2v) is 15.3. The summed E-state index contributed by atoms with van der Waals surface area (Å²) in [6.45, 7) is 19.0. The number of anilines is 2. The molecule has 2 amide bonds. The minimum Gasteiger partial charge on any atom is -0.493 e. The van der Waals surface area contributed by atoms with Crippen molar-refractivity contribution in [3.05, 3.63) is 76.8 Å². The van der Waals surface area contributed by atoms with E-state index in [0.29, 0.717) is 29.7 Å². The molecule has 0 radical (unpaired) electrons. The van der Waals surface area contributed by atoms with E-state index in [1.54, 1.807) is 57.2 Å². The number of ether oxygens (including phenoxy) is 1. The van der Waals surface area contributed by atoms with E-state index in [-0.39, 0.29) is 39.7 Å². The Morgan fingerprint density at radius 1 is 0.878 bits per heavy atom. The summed E-state index contributed by atoms with van der Waals surface area (Å²) < 4.78 is 7.58. The molecule has 0 bridgehead atoms. The zero-order valence-electron chi connectivity index (χ0n) is 30.2. The van der Waals surface area contributed by atoms with Gasteiger partial charge in [0.2, 0.25) is 5.91 Å². The van der Waals surface area contributed by atoms with Crippen LogP contribution in [0.4, 0.5) is 11.4 Å². The van der Waals surface area contributed by atoms with Gasteiger partial charge in [-0.05, 0) is 72.1 Å². The molecule has 0 aliphatic carbocycles. The standard InChI is InChI=1S/C39H50ClN5O4/c1-10-38(6,7)25-18-21-32(27(23-25)39(8,9)11-2)49-22-14-17-33(46)41-26-19-20-28(40)30(24-26)42-36(48)34(35(47)37(3,4)5)45-31-16-13-12-15-29(31)43-44-45/h12-13,15-16,18-21,23-24,34H,10-11,14,17,22H2,1-9H3,(H,41,46)(H,42,48)/t34-/m0/s1. The van der Waals surface area contributed by atoms with E-state index in [9.17, 15) is 14.4 Å². The largest absolute Gasteiger partial charge is 0.493 e. The predicted molar refractivity (Wildman–Crippen MR) is 198 cm³/mol. The van der Waals surface area contributed by atoms with Gasteiger partial charge in [0.1, 0.15) is 11.3 Å². The van der Waals surface area contributed by atoms with Crippen molar-refractivity contribution >= 4 is 51.6 Å². The van der Waals surface area contributed by atoms with Crippen LogP contribution in [-0.4, -0.2) is 39.2 Å². The Balaban J connectivity index is 1.42. The van der Waals surface area contributed by atoms with Crippen LogP contribution in [0.2, 0.25) is 5.02 Å². The molecule has 0 aliphatic rings. The topological polar surface area (TPSA) is 115 Å². The van der Waals surface area contributed by atoms with Crippen molar-refractivity contribution in [2.45, 2.75) is 105 Å². The van der Waals surface area contributed by atoms with Gasteiger partial charge in [-0.25, -0.2) is 4.68 Å². The molecular weight excluding hydrogens is 638 g/mol. The van der Waals surface area contributed by atoms with Crippen LogP contribution in [-0.2, 0) is 25.2 Å². The number of benzene rings is 3. The minimum atomic E-state index is -1.29. The molecule has 49 heavy (non-hydrogen) atoms. The average Bonchev–Trinajstić information content (AvgIpc) is 3.48. The summed E-state index contributed by atoms with van der Waals surface area (Å²) in [6.07, 6.45) is 2.75. The summed E-state index contributed by atoms with van der Waals surface area (Å²) in [4.78, 5) is 40.2.